The zero-order chi connectivity index (χ0) is 16.3. The predicted octanol–water partition coefficient (Wildman–Crippen LogP) is 3.27. The molecule has 1 heterocycles. The maximum absolute atomic E-state index is 12.4. The van der Waals surface area contributed by atoms with Crippen molar-refractivity contribution in [3.8, 4) is 11.5 Å². The number of aromatic nitrogens is 1. The maximum atomic E-state index is 12.4. The number of hydrogen-bond donors (Lipinski definition) is 1. The number of aryl methyl sites for hydroxylation is 2. The molecule has 118 valence electrons. The minimum absolute atomic E-state index is 0.125. The van der Waals surface area contributed by atoms with Crippen LogP contribution in [0.15, 0.2) is 18.2 Å². The Labute approximate surface area is 134 Å². The maximum Gasteiger partial charge on any atom is 0.263 e. The first-order valence-electron chi connectivity index (χ1n) is 6.93. The van der Waals surface area contributed by atoms with Crippen molar-refractivity contribution in [1.82, 2.24) is 10.3 Å². The summed E-state index contributed by atoms with van der Waals surface area (Å²) < 4.78 is 10.6. The number of nitrogens with one attached hydrogen (secondary N) is 1. The van der Waals surface area contributed by atoms with Gasteiger partial charge >= 0.3 is 0 Å². The van der Waals surface area contributed by atoms with Gasteiger partial charge in [-0.3, -0.25) is 4.79 Å². The second-order valence-corrected chi connectivity index (χ2v) is 6.15. The molecule has 0 bridgehead atoms. The Kier molecular flexibility index (Phi) is 5.03. The highest BCUT2D eigenvalue weighted by atomic mass is 32.1. The lowest BCUT2D eigenvalue weighted by atomic mass is 10.1. The van der Waals surface area contributed by atoms with Crippen molar-refractivity contribution in [3.05, 3.63) is 39.3 Å². The molecule has 0 fully saturated rings. The van der Waals surface area contributed by atoms with Crippen LogP contribution in [0.1, 0.15) is 38.9 Å². The largest absolute Gasteiger partial charge is 0.497 e. The van der Waals surface area contributed by atoms with Crippen molar-refractivity contribution in [2.75, 3.05) is 14.2 Å². The number of amides is 1. The Bertz CT molecular complexity index is 682. The summed E-state index contributed by atoms with van der Waals surface area (Å²) in [6.07, 6.45) is 0. The fourth-order valence-corrected chi connectivity index (χ4v) is 3.08. The monoisotopic (exact) mass is 320 g/mol. The third kappa shape index (κ3) is 3.39. The van der Waals surface area contributed by atoms with E-state index in [1.165, 1.54) is 11.3 Å². The predicted molar refractivity (Wildman–Crippen MR) is 87.0 cm³/mol. The lowest BCUT2D eigenvalue weighted by Gasteiger charge is -2.18. The van der Waals surface area contributed by atoms with E-state index in [4.69, 9.17) is 9.47 Å². The summed E-state index contributed by atoms with van der Waals surface area (Å²) >= 11 is 1.40. The molecule has 1 aromatic carbocycles. The van der Waals surface area contributed by atoms with Gasteiger partial charge in [-0.2, -0.15) is 0 Å². The number of thiazole rings is 1. The van der Waals surface area contributed by atoms with Gasteiger partial charge in [-0.25, -0.2) is 4.98 Å². The number of methoxy groups -OCH3 is 2. The Balaban J connectivity index is 2.23. The Morgan fingerprint density at radius 2 is 2.00 bits per heavy atom. The van der Waals surface area contributed by atoms with Gasteiger partial charge in [-0.15, -0.1) is 11.3 Å². The van der Waals surface area contributed by atoms with E-state index in [1.807, 2.05) is 39.0 Å². The Morgan fingerprint density at radius 3 is 2.55 bits per heavy atom. The number of nitrogens with zero attached hydrogens (tertiary/aromatic N) is 1. The van der Waals surface area contributed by atoms with E-state index in [2.05, 4.69) is 10.3 Å². The van der Waals surface area contributed by atoms with E-state index in [9.17, 15) is 4.79 Å². The highest BCUT2D eigenvalue weighted by Crippen LogP contribution is 2.29. The molecule has 0 aliphatic carbocycles. The zero-order valence-electron chi connectivity index (χ0n) is 13.4. The van der Waals surface area contributed by atoms with Crippen molar-refractivity contribution >= 4 is 17.2 Å². The summed E-state index contributed by atoms with van der Waals surface area (Å²) in [6.45, 7) is 5.65. The quantitative estimate of drug-likeness (QED) is 0.918. The molecule has 0 aliphatic rings. The number of carbonyl (C=O) groups is 1. The van der Waals surface area contributed by atoms with Gasteiger partial charge < -0.3 is 14.8 Å². The van der Waals surface area contributed by atoms with Crippen molar-refractivity contribution in [1.29, 1.82) is 0 Å². The van der Waals surface area contributed by atoms with Crippen LogP contribution in [0.25, 0.3) is 0 Å². The van der Waals surface area contributed by atoms with E-state index in [0.717, 1.165) is 22.0 Å². The zero-order valence-corrected chi connectivity index (χ0v) is 14.2. The molecule has 1 N–H and O–H groups in total. The van der Waals surface area contributed by atoms with Gasteiger partial charge in [0.15, 0.2) is 0 Å². The third-order valence-electron chi connectivity index (χ3n) is 3.36. The highest BCUT2D eigenvalue weighted by molar-refractivity contribution is 7.13. The van der Waals surface area contributed by atoms with Crippen LogP contribution in [0.2, 0.25) is 0 Å². The van der Waals surface area contributed by atoms with Crippen LogP contribution in [-0.2, 0) is 0 Å². The van der Waals surface area contributed by atoms with Gasteiger partial charge in [0.25, 0.3) is 5.91 Å². The fraction of sp³-hybridized carbons (Fsp3) is 0.375. The van der Waals surface area contributed by atoms with E-state index < -0.39 is 0 Å². The number of benzene rings is 1. The second-order valence-electron chi connectivity index (χ2n) is 4.95. The number of carbonyl (C=O) groups excluding carboxylic acids is 1. The molecular formula is C16H20N2O3S. The summed E-state index contributed by atoms with van der Waals surface area (Å²) in [6, 6.07) is 5.32. The summed E-state index contributed by atoms with van der Waals surface area (Å²) in [5.74, 6) is 1.31. The van der Waals surface area contributed by atoms with Crippen LogP contribution < -0.4 is 14.8 Å². The minimum atomic E-state index is -0.209. The normalized spacial score (nSPS) is 11.9. The first-order valence-corrected chi connectivity index (χ1v) is 7.74. The minimum Gasteiger partial charge on any atom is -0.497 e. The van der Waals surface area contributed by atoms with E-state index in [-0.39, 0.29) is 11.9 Å². The van der Waals surface area contributed by atoms with E-state index >= 15 is 0 Å². The van der Waals surface area contributed by atoms with Gasteiger partial charge in [-0.05, 0) is 39.0 Å². The molecule has 2 rings (SSSR count). The van der Waals surface area contributed by atoms with Gasteiger partial charge in [0, 0.05) is 5.56 Å². The Hall–Kier alpha value is -2.08. The van der Waals surface area contributed by atoms with Crippen molar-refractivity contribution in [2.24, 2.45) is 0 Å². The van der Waals surface area contributed by atoms with Crippen LogP contribution in [0.5, 0.6) is 11.5 Å². The number of rotatable bonds is 5. The summed E-state index contributed by atoms with van der Waals surface area (Å²) in [5.41, 5.74) is 1.62. The molecule has 0 saturated heterocycles. The molecule has 0 radical (unpaired) electrons. The van der Waals surface area contributed by atoms with E-state index in [1.54, 1.807) is 14.2 Å². The SMILES string of the molecule is COc1ccc(OC)c(C(C)NC(=O)c2sc(C)nc2C)c1. The second kappa shape index (κ2) is 6.79. The van der Waals surface area contributed by atoms with Gasteiger partial charge in [-0.1, -0.05) is 0 Å². The van der Waals surface area contributed by atoms with Gasteiger partial charge in [0.05, 0.1) is 31.0 Å². The first-order chi connectivity index (χ1) is 10.5. The average molecular weight is 320 g/mol. The van der Waals surface area contributed by atoms with Crippen molar-refractivity contribution in [3.63, 3.8) is 0 Å². The molecule has 6 heteroatoms. The topological polar surface area (TPSA) is 60.5 Å². The smallest absolute Gasteiger partial charge is 0.263 e. The first kappa shape index (κ1) is 16.3. The molecule has 5 nitrogen and oxygen atoms in total. The Morgan fingerprint density at radius 1 is 1.27 bits per heavy atom. The molecular weight excluding hydrogens is 300 g/mol. The van der Waals surface area contributed by atoms with Crippen LogP contribution in [-0.4, -0.2) is 25.1 Å². The van der Waals surface area contributed by atoms with E-state index in [0.29, 0.717) is 10.6 Å². The molecule has 22 heavy (non-hydrogen) atoms. The van der Waals surface area contributed by atoms with Crippen LogP contribution >= 0.6 is 11.3 Å². The van der Waals surface area contributed by atoms with Crippen molar-refractivity contribution in [2.45, 2.75) is 26.8 Å². The fourth-order valence-electron chi connectivity index (χ4n) is 2.26. The highest BCUT2D eigenvalue weighted by Gasteiger charge is 2.19. The number of ether oxygens (including phenoxy) is 2. The van der Waals surface area contributed by atoms with Crippen LogP contribution in [0.3, 0.4) is 0 Å². The molecule has 2 aromatic rings. The summed E-state index contributed by atoms with van der Waals surface area (Å²) in [4.78, 5) is 17.3. The lowest BCUT2D eigenvalue weighted by Crippen LogP contribution is -2.26. The lowest BCUT2D eigenvalue weighted by molar-refractivity contribution is 0.0942. The average Bonchev–Trinajstić information content (AvgIpc) is 2.85. The van der Waals surface area contributed by atoms with Crippen LogP contribution in [0, 0.1) is 13.8 Å². The molecule has 0 spiro atoms. The molecule has 1 unspecified atom stereocenters. The van der Waals surface area contributed by atoms with Crippen LogP contribution in [0.4, 0.5) is 0 Å². The van der Waals surface area contributed by atoms with Gasteiger partial charge in [0.1, 0.15) is 16.4 Å². The summed E-state index contributed by atoms with van der Waals surface area (Å²) in [5, 5.41) is 3.87. The number of hydrogen-bond acceptors (Lipinski definition) is 5. The summed E-state index contributed by atoms with van der Waals surface area (Å²) in [7, 11) is 3.22. The molecule has 1 aromatic heterocycles. The van der Waals surface area contributed by atoms with Gasteiger partial charge in [0.2, 0.25) is 0 Å². The van der Waals surface area contributed by atoms with Crippen molar-refractivity contribution < 1.29 is 14.3 Å². The molecule has 0 saturated carbocycles. The third-order valence-corrected chi connectivity index (χ3v) is 4.43. The molecule has 0 aliphatic heterocycles. The molecule has 1 amide bonds. The standard InChI is InChI=1S/C16H20N2O3S/c1-9(13-8-12(20-4)6-7-14(13)21-5)18-16(19)15-10(2)17-11(3)22-15/h6-9H,1-5H3,(H,18,19). The molecule has 1 atom stereocenters.